The van der Waals surface area contributed by atoms with Gasteiger partial charge in [-0.2, -0.15) is 10.5 Å². The first-order valence-corrected chi connectivity index (χ1v) is 11.4. The van der Waals surface area contributed by atoms with E-state index < -0.39 is 0 Å². The van der Waals surface area contributed by atoms with E-state index in [4.69, 9.17) is 4.98 Å². The summed E-state index contributed by atoms with van der Waals surface area (Å²) in [5, 5.41) is 31.1. The van der Waals surface area contributed by atoms with Crippen LogP contribution in [0.4, 0.5) is 0 Å². The largest absolute Gasteiger partial charge is 0.510 e. The van der Waals surface area contributed by atoms with Crippen LogP contribution < -0.4 is 0 Å². The Hall–Kier alpha value is -4.27. The maximum Gasteiger partial charge on any atom is 0.157 e. The van der Waals surface area contributed by atoms with E-state index in [9.17, 15) is 15.6 Å². The van der Waals surface area contributed by atoms with Crippen molar-refractivity contribution in [1.82, 2.24) is 19.4 Å². The van der Waals surface area contributed by atoms with Crippen molar-refractivity contribution in [3.05, 3.63) is 77.3 Å². The molecule has 2 N–H and O–H groups in total. The highest BCUT2D eigenvalue weighted by Gasteiger charge is 2.18. The van der Waals surface area contributed by atoms with E-state index in [0.29, 0.717) is 23.5 Å². The van der Waals surface area contributed by atoms with Gasteiger partial charge in [-0.25, -0.2) is 9.97 Å². The zero-order valence-corrected chi connectivity index (χ0v) is 18.5. The van der Waals surface area contributed by atoms with Crippen molar-refractivity contribution in [2.24, 2.45) is 0 Å². The number of aliphatic hydroxyl groups is 1. The van der Waals surface area contributed by atoms with Crippen LogP contribution in [0.25, 0.3) is 33.3 Å². The average Bonchev–Trinajstić information content (AvgIpc) is 3.44. The molecule has 5 rings (SSSR count). The number of thioether (sulfide) groups is 1. The number of pyridine rings is 1. The number of aromatic nitrogens is 4. The Morgan fingerprint density at radius 3 is 2.58 bits per heavy atom. The molecule has 0 bridgehead atoms. The van der Waals surface area contributed by atoms with Crippen LogP contribution >= 0.6 is 11.8 Å². The molecule has 0 radical (unpaired) electrons. The number of imidazole rings is 2. The summed E-state index contributed by atoms with van der Waals surface area (Å²) in [5.74, 6) is 0.432. The minimum Gasteiger partial charge on any atom is -0.510 e. The molecule has 0 aliphatic rings. The second kappa shape index (κ2) is 8.34. The van der Waals surface area contributed by atoms with Crippen molar-refractivity contribution in [1.29, 1.82) is 10.5 Å². The van der Waals surface area contributed by atoms with E-state index in [1.165, 1.54) is 11.8 Å². The molecule has 8 heteroatoms. The number of nitrogens with one attached hydrogen (secondary N) is 1. The third-order valence-electron chi connectivity index (χ3n) is 5.50. The number of aromatic amines is 1. The number of H-pyrrole nitrogens is 1. The number of rotatable bonds is 5. The highest BCUT2D eigenvalue weighted by Crippen LogP contribution is 2.31. The number of aryl methyl sites for hydroxylation is 1. The molecule has 0 atom stereocenters. The minimum atomic E-state index is -0.0680. The molecule has 3 heterocycles. The molecule has 0 saturated heterocycles. The van der Waals surface area contributed by atoms with Gasteiger partial charge in [0.25, 0.3) is 0 Å². The van der Waals surface area contributed by atoms with Crippen molar-refractivity contribution < 1.29 is 5.11 Å². The smallest absolute Gasteiger partial charge is 0.157 e. The van der Waals surface area contributed by atoms with Gasteiger partial charge in [0.2, 0.25) is 0 Å². The molecule has 3 aromatic heterocycles. The maximum atomic E-state index is 10.8. The van der Waals surface area contributed by atoms with Crippen LogP contribution in [0.2, 0.25) is 0 Å². The second-order valence-electron chi connectivity index (χ2n) is 7.43. The maximum absolute atomic E-state index is 10.8. The fourth-order valence-electron chi connectivity index (χ4n) is 3.89. The summed E-state index contributed by atoms with van der Waals surface area (Å²) in [6, 6.07) is 21.5. The molecule has 0 aliphatic carbocycles. The van der Waals surface area contributed by atoms with E-state index in [2.05, 4.69) is 22.1 Å². The second-order valence-corrected chi connectivity index (χ2v) is 8.43. The molecule has 33 heavy (non-hydrogen) atoms. The third-order valence-corrected chi connectivity index (χ3v) is 6.51. The lowest BCUT2D eigenvalue weighted by atomic mass is 10.1. The molecule has 0 aliphatic heterocycles. The minimum absolute atomic E-state index is 0.0680. The predicted octanol–water partition coefficient (Wildman–Crippen LogP) is 5.38. The Bertz CT molecular complexity index is 1610. The van der Waals surface area contributed by atoms with Gasteiger partial charge >= 0.3 is 0 Å². The molecule has 5 aromatic rings. The zero-order valence-electron chi connectivity index (χ0n) is 17.7. The first kappa shape index (κ1) is 20.6. The number of nitriles is 2. The number of benzene rings is 2. The SMILES string of the molecule is CCc1cc(SC/C(O)=C(\C#N)c2nc3ccccc3[nH]2)n2c(nc3ccccc32)c1C#N. The lowest BCUT2D eigenvalue weighted by molar-refractivity contribution is 0.420. The zero-order chi connectivity index (χ0) is 22.9. The van der Waals surface area contributed by atoms with Crippen LogP contribution in [-0.4, -0.2) is 30.2 Å². The normalized spacial score (nSPS) is 12.1. The lowest BCUT2D eigenvalue weighted by Crippen LogP contribution is -2.01. The Morgan fingerprint density at radius 2 is 1.85 bits per heavy atom. The summed E-state index contributed by atoms with van der Waals surface area (Å²) in [7, 11) is 0. The van der Waals surface area contributed by atoms with Crippen molar-refractivity contribution in [2.45, 2.75) is 18.4 Å². The fraction of sp³-hybridized carbons (Fsp3) is 0.120. The standard InChI is InChI=1S/C25H18N6OS/c1-2-15-11-23(31-21-10-6-5-9-20(21)30-25(31)16(15)12-26)33-14-22(32)17(13-27)24-28-18-7-3-4-8-19(18)29-24/h3-11,32H,2,14H2,1H3,(H,28,29)/b22-17-. The quantitative estimate of drug-likeness (QED) is 0.211. The van der Waals surface area contributed by atoms with Gasteiger partial charge in [0, 0.05) is 0 Å². The van der Waals surface area contributed by atoms with Gasteiger partial charge in [-0.3, -0.25) is 4.40 Å². The van der Waals surface area contributed by atoms with Crippen LogP contribution in [0, 0.1) is 22.7 Å². The number of para-hydroxylation sites is 4. The molecular formula is C25H18N6OS. The molecule has 0 saturated carbocycles. The highest BCUT2D eigenvalue weighted by molar-refractivity contribution is 7.99. The molecule has 0 unspecified atom stereocenters. The Kier molecular flexibility index (Phi) is 5.21. The van der Waals surface area contributed by atoms with Gasteiger partial charge in [-0.05, 0) is 42.3 Å². The van der Waals surface area contributed by atoms with E-state index in [0.717, 1.165) is 32.7 Å². The Balaban J connectivity index is 1.59. The van der Waals surface area contributed by atoms with Gasteiger partial charge in [-0.1, -0.05) is 43.0 Å². The molecule has 0 amide bonds. The van der Waals surface area contributed by atoms with Gasteiger partial charge in [0.15, 0.2) is 11.5 Å². The fourth-order valence-corrected chi connectivity index (χ4v) is 4.86. The average molecular weight is 451 g/mol. The van der Waals surface area contributed by atoms with Crippen molar-refractivity contribution in [3.8, 4) is 12.1 Å². The number of fused-ring (bicyclic) bond motifs is 4. The van der Waals surface area contributed by atoms with Crippen LogP contribution in [0.1, 0.15) is 23.9 Å². The molecule has 7 nitrogen and oxygen atoms in total. The predicted molar refractivity (Wildman–Crippen MR) is 129 cm³/mol. The van der Waals surface area contributed by atoms with Crippen LogP contribution in [0.5, 0.6) is 0 Å². The van der Waals surface area contributed by atoms with Gasteiger partial charge in [0.05, 0.1) is 38.4 Å². The van der Waals surface area contributed by atoms with Gasteiger partial charge in [-0.15, -0.1) is 0 Å². The van der Waals surface area contributed by atoms with Crippen LogP contribution in [0.15, 0.2) is 65.4 Å². The molecule has 0 spiro atoms. The Morgan fingerprint density at radius 1 is 1.09 bits per heavy atom. The summed E-state index contributed by atoms with van der Waals surface area (Å²) < 4.78 is 1.94. The Labute approximate surface area is 193 Å². The van der Waals surface area contributed by atoms with E-state index in [-0.39, 0.29) is 17.1 Å². The summed E-state index contributed by atoms with van der Waals surface area (Å²) in [5.41, 5.74) is 5.36. The van der Waals surface area contributed by atoms with E-state index in [1.807, 2.05) is 65.9 Å². The number of hydrogen-bond donors (Lipinski definition) is 2. The van der Waals surface area contributed by atoms with Crippen molar-refractivity contribution in [3.63, 3.8) is 0 Å². The number of aliphatic hydroxyl groups excluding tert-OH is 1. The number of allylic oxidation sites excluding steroid dienone is 1. The monoisotopic (exact) mass is 450 g/mol. The van der Waals surface area contributed by atoms with Crippen molar-refractivity contribution >= 4 is 45.0 Å². The molecule has 160 valence electrons. The lowest BCUT2D eigenvalue weighted by Gasteiger charge is -2.11. The summed E-state index contributed by atoms with van der Waals surface area (Å²) in [6.07, 6.45) is 0.681. The van der Waals surface area contributed by atoms with Gasteiger partial charge < -0.3 is 10.1 Å². The summed E-state index contributed by atoms with van der Waals surface area (Å²) in [4.78, 5) is 12.2. The topological polar surface area (TPSA) is 114 Å². The van der Waals surface area contributed by atoms with E-state index in [1.54, 1.807) is 0 Å². The first-order valence-electron chi connectivity index (χ1n) is 10.4. The molecule has 0 fully saturated rings. The number of nitrogens with zero attached hydrogens (tertiary/aromatic N) is 5. The van der Waals surface area contributed by atoms with Crippen LogP contribution in [0.3, 0.4) is 0 Å². The summed E-state index contributed by atoms with van der Waals surface area (Å²) >= 11 is 1.38. The van der Waals surface area contributed by atoms with Gasteiger partial charge in [0.1, 0.15) is 23.5 Å². The molecular weight excluding hydrogens is 432 g/mol. The third kappa shape index (κ3) is 3.47. The molecule has 2 aromatic carbocycles. The first-order chi connectivity index (χ1) is 16.1. The van der Waals surface area contributed by atoms with E-state index >= 15 is 0 Å². The number of hydrogen-bond acceptors (Lipinski definition) is 6. The van der Waals surface area contributed by atoms with Crippen LogP contribution in [-0.2, 0) is 6.42 Å². The van der Waals surface area contributed by atoms with Crippen molar-refractivity contribution in [2.75, 3.05) is 5.75 Å². The summed E-state index contributed by atoms with van der Waals surface area (Å²) in [6.45, 7) is 2.00. The highest BCUT2D eigenvalue weighted by atomic mass is 32.2.